The van der Waals surface area contributed by atoms with Gasteiger partial charge in [-0.05, 0) is 26.7 Å². The van der Waals surface area contributed by atoms with E-state index in [1.165, 1.54) is 6.92 Å². The van der Waals surface area contributed by atoms with E-state index in [0.717, 1.165) is 6.42 Å². The summed E-state index contributed by atoms with van der Waals surface area (Å²) >= 11 is 0. The summed E-state index contributed by atoms with van der Waals surface area (Å²) in [5.41, 5.74) is 0. The fraction of sp³-hybridized carbons (Fsp3) is 0.909. The number of nitrogens with one attached hydrogen (secondary N) is 1. The van der Waals surface area contributed by atoms with Crippen LogP contribution < -0.4 is 5.32 Å². The Balaban J connectivity index is 2.11. The van der Waals surface area contributed by atoms with E-state index in [0.29, 0.717) is 6.42 Å². The number of rotatable bonds is 1. The Hall–Kier alpha value is -0.650. The van der Waals surface area contributed by atoms with Crippen molar-refractivity contribution in [1.82, 2.24) is 5.32 Å². The third-order valence-corrected chi connectivity index (χ3v) is 3.10. The van der Waals surface area contributed by atoms with Crippen LogP contribution in [0.5, 0.6) is 0 Å². The SMILES string of the molecule is CC(=O)N[C@@H]1CCC(O)[C@H]2OC(C)(C)O[C@H]21. The molecule has 1 unspecified atom stereocenters. The molecule has 4 atom stereocenters. The van der Waals surface area contributed by atoms with Crippen LogP contribution in [-0.2, 0) is 14.3 Å². The van der Waals surface area contributed by atoms with Gasteiger partial charge in [-0.2, -0.15) is 0 Å². The molecule has 92 valence electrons. The maximum absolute atomic E-state index is 11.1. The summed E-state index contributed by atoms with van der Waals surface area (Å²) in [6, 6.07) is -0.0623. The Labute approximate surface area is 95.1 Å². The van der Waals surface area contributed by atoms with Gasteiger partial charge in [0.15, 0.2) is 5.79 Å². The van der Waals surface area contributed by atoms with Crippen LogP contribution in [0.2, 0.25) is 0 Å². The van der Waals surface area contributed by atoms with Crippen molar-refractivity contribution in [2.24, 2.45) is 0 Å². The number of hydrogen-bond donors (Lipinski definition) is 2. The van der Waals surface area contributed by atoms with E-state index in [4.69, 9.17) is 9.47 Å². The molecule has 5 heteroatoms. The van der Waals surface area contributed by atoms with Crippen LogP contribution in [0.4, 0.5) is 0 Å². The number of hydrogen-bond acceptors (Lipinski definition) is 4. The van der Waals surface area contributed by atoms with Gasteiger partial charge in [0.25, 0.3) is 0 Å². The highest BCUT2D eigenvalue weighted by molar-refractivity contribution is 5.73. The lowest BCUT2D eigenvalue weighted by Crippen LogP contribution is -2.54. The Morgan fingerprint density at radius 3 is 2.56 bits per heavy atom. The lowest BCUT2D eigenvalue weighted by Gasteiger charge is -2.34. The topological polar surface area (TPSA) is 67.8 Å². The van der Waals surface area contributed by atoms with Gasteiger partial charge in [0.2, 0.25) is 5.91 Å². The van der Waals surface area contributed by atoms with Gasteiger partial charge in [0.1, 0.15) is 12.2 Å². The summed E-state index contributed by atoms with van der Waals surface area (Å²) in [7, 11) is 0. The molecule has 2 N–H and O–H groups in total. The third-order valence-electron chi connectivity index (χ3n) is 3.10. The zero-order valence-corrected chi connectivity index (χ0v) is 9.90. The summed E-state index contributed by atoms with van der Waals surface area (Å²) in [5.74, 6) is -0.759. The standard InChI is InChI=1S/C11H19NO4/c1-6(13)12-7-4-5-8(14)10-9(7)15-11(2,3)16-10/h7-10,14H,4-5H2,1-3H3,(H,12,13)/t7-,8?,9+,10-/m1/s1. The second-order valence-corrected chi connectivity index (χ2v) is 5.02. The maximum Gasteiger partial charge on any atom is 0.217 e. The molecule has 0 aromatic heterocycles. The van der Waals surface area contributed by atoms with Crippen LogP contribution in [0.15, 0.2) is 0 Å². The second-order valence-electron chi connectivity index (χ2n) is 5.02. The van der Waals surface area contributed by atoms with Crippen molar-refractivity contribution < 1.29 is 19.4 Å². The van der Waals surface area contributed by atoms with Crippen LogP contribution in [0.25, 0.3) is 0 Å². The third kappa shape index (κ3) is 2.21. The fourth-order valence-electron chi connectivity index (χ4n) is 2.52. The van der Waals surface area contributed by atoms with Gasteiger partial charge < -0.3 is 19.9 Å². The average molecular weight is 229 g/mol. The number of fused-ring (bicyclic) bond motifs is 1. The molecule has 0 aromatic rings. The molecule has 1 saturated carbocycles. The second kappa shape index (κ2) is 3.98. The number of aliphatic hydroxyl groups excluding tert-OH is 1. The monoisotopic (exact) mass is 229 g/mol. The first-order chi connectivity index (χ1) is 7.39. The van der Waals surface area contributed by atoms with E-state index in [-0.39, 0.29) is 24.2 Å². The molecule has 1 amide bonds. The molecule has 1 saturated heterocycles. The molecular weight excluding hydrogens is 210 g/mol. The minimum atomic E-state index is -0.683. The van der Waals surface area contributed by atoms with Gasteiger partial charge in [-0.1, -0.05) is 0 Å². The summed E-state index contributed by atoms with van der Waals surface area (Å²) in [5, 5.41) is 12.7. The predicted molar refractivity (Wildman–Crippen MR) is 56.7 cm³/mol. The van der Waals surface area contributed by atoms with Crippen LogP contribution in [0.3, 0.4) is 0 Å². The molecule has 1 aliphatic carbocycles. The highest BCUT2D eigenvalue weighted by atomic mass is 16.8. The minimum Gasteiger partial charge on any atom is -0.390 e. The number of ether oxygens (including phenoxy) is 2. The quantitative estimate of drug-likeness (QED) is 0.672. The smallest absolute Gasteiger partial charge is 0.217 e. The van der Waals surface area contributed by atoms with Crippen molar-refractivity contribution in [3.8, 4) is 0 Å². The lowest BCUT2D eigenvalue weighted by molar-refractivity contribution is -0.154. The van der Waals surface area contributed by atoms with Crippen LogP contribution in [0, 0.1) is 0 Å². The summed E-state index contributed by atoms with van der Waals surface area (Å²) < 4.78 is 11.4. The van der Waals surface area contributed by atoms with E-state index >= 15 is 0 Å². The van der Waals surface area contributed by atoms with Crippen molar-refractivity contribution in [2.45, 2.75) is 63.8 Å². The van der Waals surface area contributed by atoms with Crippen LogP contribution in [0.1, 0.15) is 33.6 Å². The van der Waals surface area contributed by atoms with Crippen LogP contribution >= 0.6 is 0 Å². The summed E-state index contributed by atoms with van der Waals surface area (Å²) in [6.45, 7) is 5.13. The average Bonchev–Trinajstić information content (AvgIpc) is 2.47. The normalized spacial score (nSPS) is 41.5. The van der Waals surface area contributed by atoms with Gasteiger partial charge in [-0.3, -0.25) is 4.79 Å². The zero-order chi connectivity index (χ0) is 11.9. The number of amides is 1. The molecule has 16 heavy (non-hydrogen) atoms. The van der Waals surface area contributed by atoms with Crippen molar-refractivity contribution in [1.29, 1.82) is 0 Å². The van der Waals surface area contributed by atoms with E-state index in [1.807, 2.05) is 13.8 Å². The van der Waals surface area contributed by atoms with E-state index in [1.54, 1.807) is 0 Å². The molecule has 0 radical (unpaired) electrons. The van der Waals surface area contributed by atoms with Gasteiger partial charge in [0.05, 0.1) is 12.1 Å². The Morgan fingerprint density at radius 1 is 1.31 bits per heavy atom. The molecule has 2 aliphatic rings. The number of carbonyl (C=O) groups is 1. The van der Waals surface area contributed by atoms with E-state index in [9.17, 15) is 9.90 Å². The van der Waals surface area contributed by atoms with E-state index < -0.39 is 11.9 Å². The van der Waals surface area contributed by atoms with E-state index in [2.05, 4.69) is 5.32 Å². The van der Waals surface area contributed by atoms with Crippen molar-refractivity contribution in [3.05, 3.63) is 0 Å². The van der Waals surface area contributed by atoms with Crippen molar-refractivity contribution >= 4 is 5.91 Å². The summed E-state index contributed by atoms with van der Waals surface area (Å²) in [6.07, 6.45) is 0.271. The molecule has 0 spiro atoms. The Kier molecular flexibility index (Phi) is 2.94. The lowest BCUT2D eigenvalue weighted by atomic mass is 9.88. The largest absolute Gasteiger partial charge is 0.390 e. The number of carbonyl (C=O) groups excluding carboxylic acids is 1. The minimum absolute atomic E-state index is 0.0623. The molecule has 1 heterocycles. The highest BCUT2D eigenvalue weighted by Crippen LogP contribution is 2.36. The Bertz CT molecular complexity index is 292. The first-order valence-electron chi connectivity index (χ1n) is 5.70. The van der Waals surface area contributed by atoms with Gasteiger partial charge in [-0.15, -0.1) is 0 Å². The maximum atomic E-state index is 11.1. The molecule has 0 aromatic carbocycles. The molecule has 2 rings (SSSR count). The van der Waals surface area contributed by atoms with Gasteiger partial charge in [0, 0.05) is 6.92 Å². The summed E-state index contributed by atoms with van der Waals surface area (Å²) in [4.78, 5) is 11.1. The van der Waals surface area contributed by atoms with Crippen LogP contribution in [-0.4, -0.2) is 41.2 Å². The van der Waals surface area contributed by atoms with Gasteiger partial charge in [-0.25, -0.2) is 0 Å². The van der Waals surface area contributed by atoms with Gasteiger partial charge >= 0.3 is 0 Å². The first-order valence-corrected chi connectivity index (χ1v) is 5.70. The fourth-order valence-corrected chi connectivity index (χ4v) is 2.52. The molecule has 5 nitrogen and oxygen atoms in total. The Morgan fingerprint density at radius 2 is 1.94 bits per heavy atom. The molecule has 2 fully saturated rings. The molecule has 1 aliphatic heterocycles. The zero-order valence-electron chi connectivity index (χ0n) is 9.90. The molecule has 0 bridgehead atoms. The number of aliphatic hydroxyl groups is 1. The first kappa shape index (κ1) is 11.8. The van der Waals surface area contributed by atoms with Crippen molar-refractivity contribution in [2.75, 3.05) is 0 Å². The highest BCUT2D eigenvalue weighted by Gasteiger charge is 2.50. The van der Waals surface area contributed by atoms with Crippen molar-refractivity contribution in [3.63, 3.8) is 0 Å². The molecular formula is C11H19NO4. The predicted octanol–water partition coefficient (Wildman–Crippen LogP) is 0.166.